The van der Waals surface area contributed by atoms with Crippen molar-refractivity contribution in [1.82, 2.24) is 0 Å². The molecule has 2 aromatic rings. The van der Waals surface area contributed by atoms with Crippen LogP contribution in [0.2, 0.25) is 5.02 Å². The van der Waals surface area contributed by atoms with Gasteiger partial charge in [-0.25, -0.2) is 0 Å². The highest BCUT2D eigenvalue weighted by atomic mass is 35.5. The molecule has 17 heavy (non-hydrogen) atoms. The largest absolute Gasteiger partial charge is 0.456 e. The van der Waals surface area contributed by atoms with Gasteiger partial charge in [-0.2, -0.15) is 0 Å². The van der Waals surface area contributed by atoms with Gasteiger partial charge in [0.15, 0.2) is 6.29 Å². The molecule has 0 heterocycles. The fourth-order valence-electron chi connectivity index (χ4n) is 1.51. The minimum absolute atomic E-state index is 0.373. The molecule has 0 aliphatic rings. The van der Waals surface area contributed by atoms with Crippen molar-refractivity contribution >= 4 is 17.9 Å². The Hall–Kier alpha value is -1.80. The van der Waals surface area contributed by atoms with E-state index in [0.29, 0.717) is 22.6 Å². The molecule has 86 valence electrons. The van der Waals surface area contributed by atoms with Crippen molar-refractivity contribution in [1.29, 1.82) is 0 Å². The SMILES string of the molecule is Cc1ccccc1Oc1cccc(Cl)c1C=O. The second-order valence-corrected chi connectivity index (χ2v) is 4.04. The Labute approximate surface area is 105 Å². The molecule has 0 aliphatic carbocycles. The fraction of sp³-hybridized carbons (Fsp3) is 0.0714. The molecule has 0 saturated carbocycles. The summed E-state index contributed by atoms with van der Waals surface area (Å²) >= 11 is 5.92. The van der Waals surface area contributed by atoms with Crippen LogP contribution in [0.4, 0.5) is 0 Å². The van der Waals surface area contributed by atoms with E-state index in [1.807, 2.05) is 31.2 Å². The number of benzene rings is 2. The zero-order valence-electron chi connectivity index (χ0n) is 9.31. The van der Waals surface area contributed by atoms with Crippen molar-refractivity contribution < 1.29 is 9.53 Å². The number of rotatable bonds is 3. The number of halogens is 1. The summed E-state index contributed by atoms with van der Waals surface area (Å²) in [7, 11) is 0. The monoisotopic (exact) mass is 246 g/mol. The Morgan fingerprint density at radius 1 is 1.06 bits per heavy atom. The summed E-state index contributed by atoms with van der Waals surface area (Å²) < 4.78 is 5.70. The number of ether oxygens (including phenoxy) is 1. The van der Waals surface area contributed by atoms with Gasteiger partial charge in [-0.3, -0.25) is 4.79 Å². The molecule has 0 bridgehead atoms. The van der Waals surface area contributed by atoms with Crippen LogP contribution in [0.25, 0.3) is 0 Å². The standard InChI is InChI=1S/C14H11ClO2/c1-10-5-2-3-7-13(10)17-14-8-4-6-12(15)11(14)9-16/h2-9H,1H3. The van der Waals surface area contributed by atoms with Gasteiger partial charge in [0.25, 0.3) is 0 Å². The highest BCUT2D eigenvalue weighted by Gasteiger charge is 2.08. The van der Waals surface area contributed by atoms with Crippen LogP contribution in [0.5, 0.6) is 11.5 Å². The summed E-state index contributed by atoms with van der Waals surface area (Å²) in [6, 6.07) is 12.8. The zero-order valence-corrected chi connectivity index (χ0v) is 10.1. The van der Waals surface area contributed by atoms with E-state index >= 15 is 0 Å². The third-order valence-corrected chi connectivity index (χ3v) is 2.77. The molecule has 0 amide bonds. The number of hydrogen-bond donors (Lipinski definition) is 0. The van der Waals surface area contributed by atoms with Gasteiger partial charge < -0.3 is 4.74 Å². The van der Waals surface area contributed by atoms with Gasteiger partial charge in [-0.05, 0) is 30.7 Å². The third kappa shape index (κ3) is 2.48. The van der Waals surface area contributed by atoms with Crippen molar-refractivity contribution in [2.45, 2.75) is 6.92 Å². The predicted molar refractivity (Wildman–Crippen MR) is 68.1 cm³/mol. The number of para-hydroxylation sites is 1. The number of carbonyl (C=O) groups excluding carboxylic acids is 1. The van der Waals surface area contributed by atoms with Crippen LogP contribution in [0.1, 0.15) is 15.9 Å². The maximum absolute atomic E-state index is 11.0. The smallest absolute Gasteiger partial charge is 0.155 e. The van der Waals surface area contributed by atoms with Crippen molar-refractivity contribution in [2.24, 2.45) is 0 Å². The second kappa shape index (κ2) is 5.02. The van der Waals surface area contributed by atoms with Gasteiger partial charge >= 0.3 is 0 Å². The van der Waals surface area contributed by atoms with Gasteiger partial charge in [0.1, 0.15) is 11.5 Å². The number of aldehydes is 1. The average Bonchev–Trinajstić information content (AvgIpc) is 2.32. The van der Waals surface area contributed by atoms with E-state index in [1.54, 1.807) is 18.2 Å². The Kier molecular flexibility index (Phi) is 3.45. The fourth-order valence-corrected chi connectivity index (χ4v) is 1.72. The van der Waals surface area contributed by atoms with Crippen LogP contribution >= 0.6 is 11.6 Å². The summed E-state index contributed by atoms with van der Waals surface area (Å²) in [5.41, 5.74) is 1.38. The molecule has 0 spiro atoms. The van der Waals surface area contributed by atoms with E-state index in [2.05, 4.69) is 0 Å². The Balaban J connectivity index is 2.40. The van der Waals surface area contributed by atoms with E-state index < -0.39 is 0 Å². The first-order valence-corrected chi connectivity index (χ1v) is 5.57. The summed E-state index contributed by atoms with van der Waals surface area (Å²) in [5.74, 6) is 1.19. The van der Waals surface area contributed by atoms with Crippen molar-refractivity contribution in [3.05, 3.63) is 58.6 Å². The molecular weight excluding hydrogens is 236 g/mol. The lowest BCUT2D eigenvalue weighted by Crippen LogP contribution is -1.92. The first-order valence-electron chi connectivity index (χ1n) is 5.19. The zero-order chi connectivity index (χ0) is 12.3. The van der Waals surface area contributed by atoms with Crippen LogP contribution in [0.3, 0.4) is 0 Å². The van der Waals surface area contributed by atoms with Gasteiger partial charge in [-0.1, -0.05) is 35.9 Å². The van der Waals surface area contributed by atoms with Gasteiger partial charge in [0.2, 0.25) is 0 Å². The molecule has 0 atom stereocenters. The summed E-state index contributed by atoms with van der Waals surface area (Å²) in [4.78, 5) is 11.0. The Morgan fingerprint density at radius 3 is 2.47 bits per heavy atom. The Bertz CT molecular complexity index is 550. The minimum atomic E-state index is 0.373. The maximum Gasteiger partial charge on any atom is 0.155 e. The van der Waals surface area contributed by atoms with Gasteiger partial charge in [0.05, 0.1) is 10.6 Å². The predicted octanol–water partition coefficient (Wildman–Crippen LogP) is 4.25. The first-order chi connectivity index (χ1) is 8.22. The minimum Gasteiger partial charge on any atom is -0.456 e. The molecule has 0 N–H and O–H groups in total. The molecule has 0 unspecified atom stereocenters. The molecule has 2 nitrogen and oxygen atoms in total. The van der Waals surface area contributed by atoms with E-state index in [0.717, 1.165) is 11.3 Å². The average molecular weight is 247 g/mol. The van der Waals surface area contributed by atoms with Gasteiger partial charge in [0, 0.05) is 0 Å². The number of carbonyl (C=O) groups is 1. The lowest BCUT2D eigenvalue weighted by Gasteiger charge is -2.10. The van der Waals surface area contributed by atoms with Crippen LogP contribution in [0.15, 0.2) is 42.5 Å². The van der Waals surface area contributed by atoms with Crippen LogP contribution < -0.4 is 4.74 Å². The molecule has 3 heteroatoms. The second-order valence-electron chi connectivity index (χ2n) is 3.64. The molecule has 0 radical (unpaired) electrons. The Morgan fingerprint density at radius 2 is 1.76 bits per heavy atom. The summed E-state index contributed by atoms with van der Waals surface area (Å²) in [6.07, 6.45) is 0.704. The van der Waals surface area contributed by atoms with Crippen LogP contribution in [-0.2, 0) is 0 Å². The van der Waals surface area contributed by atoms with E-state index in [-0.39, 0.29) is 0 Å². The van der Waals surface area contributed by atoms with Crippen molar-refractivity contribution in [3.63, 3.8) is 0 Å². The maximum atomic E-state index is 11.0. The van der Waals surface area contributed by atoms with Gasteiger partial charge in [-0.15, -0.1) is 0 Å². The van der Waals surface area contributed by atoms with E-state index in [1.165, 1.54) is 0 Å². The first kappa shape index (κ1) is 11.7. The highest BCUT2D eigenvalue weighted by Crippen LogP contribution is 2.30. The molecule has 2 rings (SSSR count). The normalized spacial score (nSPS) is 10.0. The van der Waals surface area contributed by atoms with Crippen LogP contribution in [0, 0.1) is 6.92 Å². The highest BCUT2D eigenvalue weighted by molar-refractivity contribution is 6.33. The quantitative estimate of drug-likeness (QED) is 0.757. The van der Waals surface area contributed by atoms with Crippen molar-refractivity contribution in [3.8, 4) is 11.5 Å². The van der Waals surface area contributed by atoms with Crippen LogP contribution in [-0.4, -0.2) is 6.29 Å². The lowest BCUT2D eigenvalue weighted by atomic mass is 10.2. The third-order valence-electron chi connectivity index (χ3n) is 2.44. The van der Waals surface area contributed by atoms with E-state index in [9.17, 15) is 4.79 Å². The summed E-state index contributed by atoms with van der Waals surface area (Å²) in [5, 5.41) is 0.395. The number of aryl methyl sites for hydroxylation is 1. The summed E-state index contributed by atoms with van der Waals surface area (Å²) in [6.45, 7) is 1.94. The molecule has 0 saturated heterocycles. The molecule has 2 aromatic carbocycles. The molecule has 0 aromatic heterocycles. The molecule has 0 aliphatic heterocycles. The topological polar surface area (TPSA) is 26.3 Å². The number of hydrogen-bond acceptors (Lipinski definition) is 2. The molecular formula is C14H11ClO2. The molecule has 0 fully saturated rings. The van der Waals surface area contributed by atoms with Crippen molar-refractivity contribution in [2.75, 3.05) is 0 Å². The van der Waals surface area contributed by atoms with E-state index in [4.69, 9.17) is 16.3 Å². The lowest BCUT2D eigenvalue weighted by molar-refractivity contribution is 0.112.